The van der Waals surface area contributed by atoms with Gasteiger partial charge in [-0.3, -0.25) is 4.79 Å². The molecule has 0 spiro atoms. The quantitative estimate of drug-likeness (QED) is 0.755. The molecule has 1 aromatic carbocycles. The van der Waals surface area contributed by atoms with E-state index in [4.69, 9.17) is 4.74 Å². The number of amides is 1. The summed E-state index contributed by atoms with van der Waals surface area (Å²) in [5.41, 5.74) is 2.28. The van der Waals surface area contributed by atoms with E-state index in [0.717, 1.165) is 30.8 Å². The maximum atomic E-state index is 11.5. The van der Waals surface area contributed by atoms with Gasteiger partial charge in [0.2, 0.25) is 0 Å². The average molecular weight is 264 g/mol. The lowest BCUT2D eigenvalue weighted by Crippen LogP contribution is -2.29. The Hall–Kier alpha value is -1.55. The maximum Gasteiger partial charge on any atom is 0.257 e. The fourth-order valence-corrected chi connectivity index (χ4v) is 1.71. The third-order valence-corrected chi connectivity index (χ3v) is 2.71. The van der Waals surface area contributed by atoms with Crippen LogP contribution in [0.5, 0.6) is 5.75 Å². The van der Waals surface area contributed by atoms with Crippen molar-refractivity contribution in [2.45, 2.75) is 33.7 Å². The summed E-state index contributed by atoms with van der Waals surface area (Å²) >= 11 is 0. The second kappa shape index (κ2) is 8.53. The molecular weight excluding hydrogens is 240 g/mol. The van der Waals surface area contributed by atoms with Crippen molar-refractivity contribution in [2.75, 3.05) is 19.7 Å². The zero-order valence-corrected chi connectivity index (χ0v) is 12.1. The number of carbonyl (C=O) groups is 1. The normalized spacial score (nSPS) is 10.3. The molecular formula is C15H24N2O2. The molecule has 1 rings (SSSR count). The van der Waals surface area contributed by atoms with Gasteiger partial charge >= 0.3 is 0 Å². The van der Waals surface area contributed by atoms with Gasteiger partial charge < -0.3 is 15.4 Å². The molecule has 2 N–H and O–H groups in total. The average Bonchev–Trinajstić information content (AvgIpc) is 2.41. The zero-order valence-electron chi connectivity index (χ0n) is 12.1. The van der Waals surface area contributed by atoms with E-state index in [0.29, 0.717) is 6.54 Å². The number of aryl methyl sites for hydroxylation is 1. The zero-order chi connectivity index (χ0) is 14.1. The second-order valence-electron chi connectivity index (χ2n) is 4.53. The number of carbonyl (C=O) groups excluding carboxylic acids is 1. The van der Waals surface area contributed by atoms with E-state index in [9.17, 15) is 4.79 Å². The molecule has 4 nitrogen and oxygen atoms in total. The van der Waals surface area contributed by atoms with Gasteiger partial charge in [0.15, 0.2) is 6.61 Å². The Kier molecular flexibility index (Phi) is 6.97. The van der Waals surface area contributed by atoms with Gasteiger partial charge in [-0.1, -0.05) is 31.5 Å². The monoisotopic (exact) mass is 264 g/mol. The molecule has 4 heteroatoms. The van der Waals surface area contributed by atoms with Crippen molar-refractivity contribution in [2.24, 2.45) is 0 Å². The van der Waals surface area contributed by atoms with Crippen molar-refractivity contribution in [3.05, 3.63) is 29.3 Å². The first-order valence-electron chi connectivity index (χ1n) is 6.87. The van der Waals surface area contributed by atoms with Crippen LogP contribution in [-0.4, -0.2) is 25.6 Å². The summed E-state index contributed by atoms with van der Waals surface area (Å²) in [7, 11) is 0. The Morgan fingerprint density at radius 3 is 2.79 bits per heavy atom. The third kappa shape index (κ3) is 5.75. The number of ether oxygens (including phenoxy) is 1. The molecule has 0 aliphatic heterocycles. The minimum absolute atomic E-state index is 0.0716. The Morgan fingerprint density at radius 1 is 1.32 bits per heavy atom. The number of hydrogen-bond acceptors (Lipinski definition) is 3. The van der Waals surface area contributed by atoms with Gasteiger partial charge in [0.1, 0.15) is 5.75 Å². The molecule has 0 aromatic heterocycles. The van der Waals surface area contributed by atoms with E-state index < -0.39 is 0 Å². The fourth-order valence-electron chi connectivity index (χ4n) is 1.71. The molecule has 0 unspecified atom stereocenters. The molecule has 0 bridgehead atoms. The lowest BCUT2D eigenvalue weighted by atomic mass is 10.1. The predicted octanol–water partition coefficient (Wildman–Crippen LogP) is 2.01. The number of hydrogen-bond donors (Lipinski definition) is 2. The SMILES string of the molecule is CCCNC(=O)COc1ccc(C)cc1CNCC. The minimum Gasteiger partial charge on any atom is -0.483 e. The highest BCUT2D eigenvalue weighted by atomic mass is 16.5. The summed E-state index contributed by atoms with van der Waals surface area (Å²) in [5.74, 6) is 0.704. The van der Waals surface area contributed by atoms with Crippen LogP contribution in [0.4, 0.5) is 0 Å². The van der Waals surface area contributed by atoms with Gasteiger partial charge in [-0.2, -0.15) is 0 Å². The molecule has 1 aromatic rings. The van der Waals surface area contributed by atoms with Crippen LogP contribution in [0.1, 0.15) is 31.4 Å². The molecule has 106 valence electrons. The van der Waals surface area contributed by atoms with Crippen molar-refractivity contribution in [1.82, 2.24) is 10.6 Å². The summed E-state index contributed by atoms with van der Waals surface area (Å²) in [6, 6.07) is 6.01. The first-order chi connectivity index (χ1) is 9.17. The Bertz CT molecular complexity index is 405. The van der Waals surface area contributed by atoms with Crippen molar-refractivity contribution < 1.29 is 9.53 Å². The van der Waals surface area contributed by atoms with E-state index >= 15 is 0 Å². The van der Waals surface area contributed by atoms with Gasteiger partial charge in [0.05, 0.1) is 0 Å². The smallest absolute Gasteiger partial charge is 0.257 e. The molecule has 0 fully saturated rings. The summed E-state index contributed by atoms with van der Waals surface area (Å²) in [5, 5.41) is 6.07. The van der Waals surface area contributed by atoms with Crippen LogP contribution in [0.2, 0.25) is 0 Å². The van der Waals surface area contributed by atoms with E-state index in [-0.39, 0.29) is 12.5 Å². The fraction of sp³-hybridized carbons (Fsp3) is 0.533. The minimum atomic E-state index is -0.0724. The molecule has 0 aliphatic carbocycles. The van der Waals surface area contributed by atoms with E-state index in [1.54, 1.807) is 0 Å². The lowest BCUT2D eigenvalue weighted by molar-refractivity contribution is -0.123. The molecule has 0 aliphatic rings. The van der Waals surface area contributed by atoms with Crippen LogP contribution < -0.4 is 15.4 Å². The number of benzene rings is 1. The van der Waals surface area contributed by atoms with E-state index in [1.165, 1.54) is 5.56 Å². The third-order valence-electron chi connectivity index (χ3n) is 2.71. The van der Waals surface area contributed by atoms with E-state index in [1.807, 2.05) is 26.0 Å². The largest absolute Gasteiger partial charge is 0.483 e. The van der Waals surface area contributed by atoms with E-state index in [2.05, 4.69) is 23.6 Å². The van der Waals surface area contributed by atoms with Gasteiger partial charge in [-0.15, -0.1) is 0 Å². The van der Waals surface area contributed by atoms with Gasteiger partial charge in [-0.25, -0.2) is 0 Å². The van der Waals surface area contributed by atoms with Crippen LogP contribution in [0.15, 0.2) is 18.2 Å². The van der Waals surface area contributed by atoms with Crippen LogP contribution >= 0.6 is 0 Å². The predicted molar refractivity (Wildman–Crippen MR) is 77.4 cm³/mol. The molecule has 0 heterocycles. The maximum absolute atomic E-state index is 11.5. The first kappa shape index (κ1) is 15.5. The number of nitrogens with one attached hydrogen (secondary N) is 2. The van der Waals surface area contributed by atoms with Crippen LogP contribution in [0, 0.1) is 6.92 Å². The highest BCUT2D eigenvalue weighted by molar-refractivity contribution is 5.77. The Morgan fingerprint density at radius 2 is 2.11 bits per heavy atom. The number of rotatable bonds is 8. The second-order valence-corrected chi connectivity index (χ2v) is 4.53. The molecule has 0 saturated heterocycles. The van der Waals surface area contributed by atoms with Gasteiger partial charge in [0.25, 0.3) is 5.91 Å². The van der Waals surface area contributed by atoms with Gasteiger partial charge in [-0.05, 0) is 26.0 Å². The topological polar surface area (TPSA) is 50.4 Å². The summed E-state index contributed by atoms with van der Waals surface area (Å²) in [6.45, 7) is 8.56. The molecule has 1 amide bonds. The Balaban J connectivity index is 2.58. The molecule has 0 atom stereocenters. The van der Waals surface area contributed by atoms with Crippen LogP contribution in [-0.2, 0) is 11.3 Å². The first-order valence-corrected chi connectivity index (χ1v) is 6.87. The van der Waals surface area contributed by atoms with Crippen molar-refractivity contribution in [1.29, 1.82) is 0 Å². The Labute approximate surface area is 115 Å². The molecule has 0 saturated carbocycles. The molecule has 0 radical (unpaired) electrons. The highest BCUT2D eigenvalue weighted by Gasteiger charge is 2.06. The van der Waals surface area contributed by atoms with Crippen LogP contribution in [0.3, 0.4) is 0 Å². The molecule has 19 heavy (non-hydrogen) atoms. The highest BCUT2D eigenvalue weighted by Crippen LogP contribution is 2.19. The van der Waals surface area contributed by atoms with Crippen molar-refractivity contribution in [3.63, 3.8) is 0 Å². The van der Waals surface area contributed by atoms with Crippen molar-refractivity contribution >= 4 is 5.91 Å². The van der Waals surface area contributed by atoms with Crippen LogP contribution in [0.25, 0.3) is 0 Å². The van der Waals surface area contributed by atoms with Gasteiger partial charge in [0, 0.05) is 18.7 Å². The summed E-state index contributed by atoms with van der Waals surface area (Å²) in [6.07, 6.45) is 0.932. The summed E-state index contributed by atoms with van der Waals surface area (Å²) < 4.78 is 5.60. The standard InChI is InChI=1S/C15H24N2O2/c1-4-8-17-15(18)11-19-14-7-6-12(3)9-13(14)10-16-5-2/h6-7,9,16H,4-5,8,10-11H2,1-3H3,(H,17,18). The lowest BCUT2D eigenvalue weighted by Gasteiger charge is -2.12. The summed E-state index contributed by atoms with van der Waals surface area (Å²) in [4.78, 5) is 11.5. The van der Waals surface area contributed by atoms with Crippen molar-refractivity contribution in [3.8, 4) is 5.75 Å².